The molecule has 2 aromatic carbocycles. The van der Waals surface area contributed by atoms with Crippen LogP contribution in [-0.2, 0) is 0 Å². The Labute approximate surface area is 144 Å². The van der Waals surface area contributed by atoms with Crippen molar-refractivity contribution in [2.24, 2.45) is 5.10 Å². The summed E-state index contributed by atoms with van der Waals surface area (Å²) in [4.78, 5) is 0. The molecule has 0 aliphatic carbocycles. The lowest BCUT2D eigenvalue weighted by molar-refractivity contribution is 0.318. The van der Waals surface area contributed by atoms with Crippen molar-refractivity contribution >= 4 is 18.4 Å². The van der Waals surface area contributed by atoms with Crippen molar-refractivity contribution < 1.29 is 9.84 Å². The molecule has 0 unspecified atom stereocenters. The van der Waals surface area contributed by atoms with Gasteiger partial charge in [-0.15, -0.1) is 0 Å². The molecule has 122 valence electrons. The molecule has 3 rings (SSSR count). The van der Waals surface area contributed by atoms with Gasteiger partial charge in [0.05, 0.1) is 12.8 Å². The molecule has 0 saturated carbocycles. The van der Waals surface area contributed by atoms with Crippen LogP contribution in [0.2, 0.25) is 0 Å². The highest BCUT2D eigenvalue weighted by Gasteiger charge is 2.09. The van der Waals surface area contributed by atoms with E-state index in [1.54, 1.807) is 18.2 Å². The highest BCUT2D eigenvalue weighted by molar-refractivity contribution is 7.71. The number of hydrogen-bond acceptors (Lipinski definition) is 5. The summed E-state index contributed by atoms with van der Waals surface area (Å²) in [5.41, 5.74) is 1.41. The number of H-pyrrole nitrogens is 1. The van der Waals surface area contributed by atoms with Gasteiger partial charge >= 0.3 is 0 Å². The van der Waals surface area contributed by atoms with Gasteiger partial charge in [0.2, 0.25) is 4.77 Å². The second kappa shape index (κ2) is 7.10. The SMILES string of the molecule is CCOc1cccc(/C=N/n2c(-c3ccccc3)n[nH]c2=S)c1O. The highest BCUT2D eigenvalue weighted by Crippen LogP contribution is 2.28. The number of aromatic hydroxyl groups is 1. The Bertz CT molecular complexity index is 916. The Kier molecular flexibility index (Phi) is 4.72. The van der Waals surface area contributed by atoms with Crippen molar-refractivity contribution in [2.45, 2.75) is 6.92 Å². The summed E-state index contributed by atoms with van der Waals surface area (Å²) in [6.07, 6.45) is 1.52. The first-order chi connectivity index (χ1) is 11.7. The molecular formula is C17H16N4O2S. The van der Waals surface area contributed by atoms with Gasteiger partial charge in [-0.2, -0.15) is 14.9 Å². The van der Waals surface area contributed by atoms with Crippen LogP contribution in [0, 0.1) is 4.77 Å². The Morgan fingerprint density at radius 2 is 2.04 bits per heavy atom. The average Bonchev–Trinajstić information content (AvgIpc) is 2.97. The largest absolute Gasteiger partial charge is 0.504 e. The molecule has 3 aromatic rings. The summed E-state index contributed by atoms with van der Waals surface area (Å²) in [5, 5.41) is 21.5. The first-order valence-electron chi connectivity index (χ1n) is 7.42. The third kappa shape index (κ3) is 3.21. The van der Waals surface area contributed by atoms with Crippen LogP contribution in [0.4, 0.5) is 0 Å². The van der Waals surface area contributed by atoms with Crippen LogP contribution in [0.15, 0.2) is 53.6 Å². The van der Waals surface area contributed by atoms with E-state index in [4.69, 9.17) is 17.0 Å². The number of para-hydroxylation sites is 1. The van der Waals surface area contributed by atoms with Gasteiger partial charge < -0.3 is 9.84 Å². The van der Waals surface area contributed by atoms with Gasteiger partial charge in [0.25, 0.3) is 0 Å². The number of aromatic nitrogens is 3. The predicted molar refractivity (Wildman–Crippen MR) is 95.1 cm³/mol. The van der Waals surface area contributed by atoms with E-state index in [1.807, 2.05) is 37.3 Å². The Hall–Kier alpha value is -2.93. The van der Waals surface area contributed by atoms with Crippen molar-refractivity contribution in [2.75, 3.05) is 6.61 Å². The van der Waals surface area contributed by atoms with E-state index < -0.39 is 0 Å². The van der Waals surface area contributed by atoms with E-state index in [0.717, 1.165) is 5.56 Å². The lowest BCUT2D eigenvalue weighted by Crippen LogP contribution is -1.97. The molecule has 0 spiro atoms. The van der Waals surface area contributed by atoms with Gasteiger partial charge in [-0.1, -0.05) is 36.4 Å². The second-order valence-electron chi connectivity index (χ2n) is 4.90. The fourth-order valence-corrected chi connectivity index (χ4v) is 2.39. The van der Waals surface area contributed by atoms with Crippen molar-refractivity contribution in [1.29, 1.82) is 0 Å². The normalized spacial score (nSPS) is 11.0. The van der Waals surface area contributed by atoms with Gasteiger partial charge in [-0.3, -0.25) is 0 Å². The summed E-state index contributed by atoms with van der Waals surface area (Å²) in [5.74, 6) is 1.05. The van der Waals surface area contributed by atoms with E-state index in [-0.39, 0.29) is 5.75 Å². The van der Waals surface area contributed by atoms with Crippen molar-refractivity contribution in [1.82, 2.24) is 14.9 Å². The zero-order chi connectivity index (χ0) is 16.9. The first kappa shape index (κ1) is 15.9. The lowest BCUT2D eigenvalue weighted by Gasteiger charge is -2.07. The van der Waals surface area contributed by atoms with Crippen LogP contribution in [0.25, 0.3) is 11.4 Å². The van der Waals surface area contributed by atoms with Crippen LogP contribution in [0.1, 0.15) is 12.5 Å². The number of aromatic amines is 1. The Morgan fingerprint density at radius 3 is 2.79 bits per heavy atom. The number of phenolic OH excluding ortho intramolecular Hbond substituents is 1. The molecule has 6 nitrogen and oxygen atoms in total. The molecule has 1 heterocycles. The number of ether oxygens (including phenoxy) is 1. The maximum absolute atomic E-state index is 10.2. The smallest absolute Gasteiger partial charge is 0.216 e. The summed E-state index contributed by atoms with van der Waals surface area (Å²) < 4.78 is 7.25. The topological polar surface area (TPSA) is 75.4 Å². The van der Waals surface area contributed by atoms with E-state index in [2.05, 4.69) is 15.3 Å². The molecule has 0 aliphatic heterocycles. The van der Waals surface area contributed by atoms with Gasteiger partial charge in [-0.25, -0.2) is 5.10 Å². The van der Waals surface area contributed by atoms with E-state index >= 15 is 0 Å². The van der Waals surface area contributed by atoms with E-state index in [0.29, 0.717) is 28.5 Å². The number of hydrogen-bond donors (Lipinski definition) is 2. The zero-order valence-electron chi connectivity index (χ0n) is 13.0. The molecule has 0 bridgehead atoms. The summed E-state index contributed by atoms with van der Waals surface area (Å²) in [6, 6.07) is 14.8. The molecule has 0 aliphatic rings. The molecule has 0 saturated heterocycles. The minimum absolute atomic E-state index is 0.0411. The zero-order valence-corrected chi connectivity index (χ0v) is 13.8. The molecule has 0 amide bonds. The molecule has 0 atom stereocenters. The average molecular weight is 340 g/mol. The molecule has 0 radical (unpaired) electrons. The highest BCUT2D eigenvalue weighted by atomic mass is 32.1. The van der Waals surface area contributed by atoms with Gasteiger partial charge in [0.1, 0.15) is 0 Å². The quantitative estimate of drug-likeness (QED) is 0.550. The molecule has 1 aromatic heterocycles. The minimum atomic E-state index is 0.0411. The third-order valence-corrected chi connectivity index (χ3v) is 3.59. The number of rotatable bonds is 5. The molecule has 0 fully saturated rings. The van der Waals surface area contributed by atoms with E-state index in [9.17, 15) is 5.11 Å². The van der Waals surface area contributed by atoms with Gasteiger partial charge in [0, 0.05) is 11.1 Å². The summed E-state index contributed by atoms with van der Waals surface area (Å²) >= 11 is 5.23. The molecule has 24 heavy (non-hydrogen) atoms. The molecular weight excluding hydrogens is 324 g/mol. The van der Waals surface area contributed by atoms with Crippen molar-refractivity contribution in [3.05, 3.63) is 58.9 Å². The standard InChI is InChI=1S/C17H16N4O2S/c1-2-23-14-10-6-9-13(15(14)22)11-18-21-16(19-20-17(21)24)12-7-4-3-5-8-12/h3-11,22H,2H2,1H3,(H,20,24)/b18-11+. The number of phenols is 1. The molecule has 2 N–H and O–H groups in total. The van der Waals surface area contributed by atoms with Crippen LogP contribution in [-0.4, -0.2) is 32.8 Å². The van der Waals surface area contributed by atoms with Crippen LogP contribution in [0.5, 0.6) is 11.5 Å². The lowest BCUT2D eigenvalue weighted by atomic mass is 10.2. The second-order valence-corrected chi connectivity index (χ2v) is 5.29. The van der Waals surface area contributed by atoms with Crippen LogP contribution < -0.4 is 4.74 Å². The minimum Gasteiger partial charge on any atom is -0.504 e. The Morgan fingerprint density at radius 1 is 1.25 bits per heavy atom. The fraction of sp³-hybridized carbons (Fsp3) is 0.118. The van der Waals surface area contributed by atoms with E-state index in [1.165, 1.54) is 10.9 Å². The van der Waals surface area contributed by atoms with Crippen LogP contribution >= 0.6 is 12.2 Å². The number of benzene rings is 2. The maximum Gasteiger partial charge on any atom is 0.216 e. The third-order valence-electron chi connectivity index (χ3n) is 3.32. The molecule has 7 heteroatoms. The summed E-state index contributed by atoms with van der Waals surface area (Å²) in [7, 11) is 0. The summed E-state index contributed by atoms with van der Waals surface area (Å²) in [6.45, 7) is 2.33. The van der Waals surface area contributed by atoms with Crippen molar-refractivity contribution in [3.8, 4) is 22.9 Å². The van der Waals surface area contributed by atoms with Gasteiger partial charge in [0.15, 0.2) is 17.3 Å². The maximum atomic E-state index is 10.2. The Balaban J connectivity index is 1.98. The monoisotopic (exact) mass is 340 g/mol. The van der Waals surface area contributed by atoms with Gasteiger partial charge in [-0.05, 0) is 31.3 Å². The van der Waals surface area contributed by atoms with Crippen molar-refractivity contribution in [3.63, 3.8) is 0 Å². The predicted octanol–water partition coefficient (Wildman–Crippen LogP) is 3.59. The number of nitrogens with zero attached hydrogens (tertiary/aromatic N) is 3. The first-order valence-corrected chi connectivity index (χ1v) is 7.83. The fourth-order valence-electron chi connectivity index (χ4n) is 2.21. The van der Waals surface area contributed by atoms with Crippen LogP contribution in [0.3, 0.4) is 0 Å². The number of nitrogens with one attached hydrogen (secondary N) is 1.